The number of hydrogen-bond acceptors (Lipinski definition) is 5. The Morgan fingerprint density at radius 1 is 1.27 bits per heavy atom. The van der Waals surface area contributed by atoms with Crippen LogP contribution in [0.2, 0.25) is 0 Å². The van der Waals surface area contributed by atoms with Crippen molar-refractivity contribution in [1.29, 1.82) is 0 Å². The van der Waals surface area contributed by atoms with Crippen molar-refractivity contribution in [2.75, 3.05) is 6.79 Å². The van der Waals surface area contributed by atoms with Crippen molar-refractivity contribution in [3.05, 3.63) is 23.8 Å². The lowest BCUT2D eigenvalue weighted by molar-refractivity contribution is 0.173. The number of fused-ring (bicyclic) bond motifs is 1. The molecule has 1 aliphatic rings. The van der Waals surface area contributed by atoms with E-state index >= 15 is 0 Å². The minimum atomic E-state index is -4.51. The summed E-state index contributed by atoms with van der Waals surface area (Å²) in [5.74, 6) is 0.816. The predicted molar refractivity (Wildman–Crippen MR) is 49.1 cm³/mol. The summed E-state index contributed by atoms with van der Waals surface area (Å²) < 4.78 is 40.0. The van der Waals surface area contributed by atoms with Crippen molar-refractivity contribution in [2.24, 2.45) is 0 Å². The van der Waals surface area contributed by atoms with Crippen molar-refractivity contribution in [3.8, 4) is 11.5 Å². The fourth-order valence-corrected chi connectivity index (χ4v) is 1.73. The molecule has 1 aromatic carbocycles. The fourth-order valence-electron chi connectivity index (χ4n) is 1.24. The summed E-state index contributed by atoms with van der Waals surface area (Å²) >= 11 is 0. The zero-order valence-corrected chi connectivity index (χ0v) is 8.27. The first-order chi connectivity index (χ1) is 6.98. The van der Waals surface area contributed by atoms with Crippen LogP contribution in [0.15, 0.2) is 18.2 Å². The van der Waals surface area contributed by atoms with Crippen LogP contribution in [0.3, 0.4) is 0 Å². The molecule has 0 saturated carbocycles. The zero-order valence-electron chi connectivity index (χ0n) is 7.45. The maximum Gasteiger partial charge on any atom is 0.296 e. The fraction of sp³-hybridized carbons (Fsp3) is 0.250. The molecule has 0 aromatic heterocycles. The SMILES string of the molecule is O=S(=O)(O)[C@@H](O)c1ccc2c(c1)OCO2. The number of hydrogen-bond donors (Lipinski definition) is 2. The highest BCUT2D eigenvalue weighted by Gasteiger charge is 2.24. The van der Waals surface area contributed by atoms with Crippen LogP contribution in [-0.2, 0) is 10.1 Å². The Balaban J connectivity index is 2.39. The number of aliphatic hydroxyl groups excluding tert-OH is 1. The monoisotopic (exact) mass is 232 g/mol. The molecule has 0 bridgehead atoms. The van der Waals surface area contributed by atoms with Crippen molar-refractivity contribution in [3.63, 3.8) is 0 Å². The van der Waals surface area contributed by atoms with Crippen LogP contribution in [0.25, 0.3) is 0 Å². The van der Waals surface area contributed by atoms with E-state index < -0.39 is 15.6 Å². The van der Waals surface area contributed by atoms with E-state index in [1.54, 1.807) is 0 Å². The molecule has 2 rings (SSSR count). The third-order valence-corrected chi connectivity index (χ3v) is 2.80. The van der Waals surface area contributed by atoms with Crippen LogP contribution in [-0.4, -0.2) is 24.9 Å². The number of ether oxygens (including phenoxy) is 2. The first kappa shape index (κ1) is 10.2. The molecule has 0 spiro atoms. The molecule has 1 aliphatic heterocycles. The van der Waals surface area contributed by atoms with Gasteiger partial charge in [0.2, 0.25) is 12.2 Å². The van der Waals surface area contributed by atoms with Crippen LogP contribution in [0.1, 0.15) is 11.0 Å². The molecular formula is C8H8O6S. The first-order valence-corrected chi connectivity index (χ1v) is 5.53. The highest BCUT2D eigenvalue weighted by molar-refractivity contribution is 7.85. The van der Waals surface area contributed by atoms with Gasteiger partial charge in [0, 0.05) is 5.56 Å². The van der Waals surface area contributed by atoms with Gasteiger partial charge in [0.05, 0.1) is 0 Å². The van der Waals surface area contributed by atoms with E-state index in [-0.39, 0.29) is 12.4 Å². The summed E-state index contributed by atoms with van der Waals surface area (Å²) in [5, 5.41) is 9.25. The normalized spacial score (nSPS) is 16.4. The highest BCUT2D eigenvalue weighted by atomic mass is 32.2. The van der Waals surface area contributed by atoms with Crippen molar-refractivity contribution < 1.29 is 27.6 Å². The Labute approximate surface area is 85.8 Å². The molecule has 1 aromatic rings. The second kappa shape index (κ2) is 3.37. The van der Waals surface area contributed by atoms with E-state index in [0.717, 1.165) is 0 Å². The lowest BCUT2D eigenvalue weighted by atomic mass is 10.2. The second-order valence-corrected chi connectivity index (χ2v) is 4.46. The van der Waals surface area contributed by atoms with Gasteiger partial charge >= 0.3 is 0 Å². The molecule has 0 amide bonds. The standard InChI is InChI=1S/C8H8O6S/c9-8(15(10,11)12)5-1-2-6-7(3-5)14-4-13-6/h1-3,8-9H,4H2,(H,10,11,12)/t8-/m1/s1. The van der Waals surface area contributed by atoms with Crippen LogP contribution < -0.4 is 9.47 Å². The summed E-state index contributed by atoms with van der Waals surface area (Å²) in [6, 6.07) is 4.11. The number of aliphatic hydroxyl groups is 1. The molecular weight excluding hydrogens is 224 g/mol. The third kappa shape index (κ3) is 1.89. The Bertz CT molecular complexity index is 480. The quantitative estimate of drug-likeness (QED) is 0.712. The van der Waals surface area contributed by atoms with Gasteiger partial charge in [-0.05, 0) is 12.1 Å². The Morgan fingerprint density at radius 2 is 1.93 bits per heavy atom. The molecule has 15 heavy (non-hydrogen) atoms. The van der Waals surface area contributed by atoms with E-state index in [0.29, 0.717) is 11.5 Å². The van der Waals surface area contributed by atoms with Crippen molar-refractivity contribution in [1.82, 2.24) is 0 Å². The molecule has 0 saturated heterocycles. The zero-order chi connectivity index (χ0) is 11.1. The van der Waals surface area contributed by atoms with E-state index in [4.69, 9.17) is 14.0 Å². The average Bonchev–Trinajstić information content (AvgIpc) is 2.61. The third-order valence-electron chi connectivity index (χ3n) is 1.96. The van der Waals surface area contributed by atoms with Gasteiger partial charge in [-0.2, -0.15) is 8.42 Å². The van der Waals surface area contributed by atoms with Gasteiger partial charge in [-0.3, -0.25) is 4.55 Å². The average molecular weight is 232 g/mol. The molecule has 0 unspecified atom stereocenters. The van der Waals surface area contributed by atoms with Gasteiger partial charge in [0.15, 0.2) is 11.5 Å². The molecule has 1 heterocycles. The summed E-state index contributed by atoms with van der Waals surface area (Å²) in [7, 11) is -4.51. The van der Waals surface area contributed by atoms with Gasteiger partial charge < -0.3 is 14.6 Å². The maximum absolute atomic E-state index is 10.7. The Morgan fingerprint density at radius 3 is 2.60 bits per heavy atom. The molecule has 6 nitrogen and oxygen atoms in total. The van der Waals surface area contributed by atoms with E-state index in [2.05, 4.69) is 0 Å². The van der Waals surface area contributed by atoms with Gasteiger partial charge in [-0.1, -0.05) is 6.07 Å². The molecule has 82 valence electrons. The van der Waals surface area contributed by atoms with Crippen LogP contribution in [0, 0.1) is 0 Å². The molecule has 7 heteroatoms. The topological polar surface area (TPSA) is 93.1 Å². The number of rotatable bonds is 2. The molecule has 0 radical (unpaired) electrons. The van der Waals surface area contributed by atoms with Gasteiger partial charge in [0.25, 0.3) is 10.1 Å². The molecule has 2 N–H and O–H groups in total. The molecule has 0 fully saturated rings. The second-order valence-electron chi connectivity index (χ2n) is 2.98. The smallest absolute Gasteiger partial charge is 0.296 e. The van der Waals surface area contributed by atoms with Gasteiger partial charge in [-0.25, -0.2) is 0 Å². The minimum absolute atomic E-state index is 0.0294. The predicted octanol–water partition coefficient (Wildman–Crippen LogP) is 0.294. The minimum Gasteiger partial charge on any atom is -0.454 e. The largest absolute Gasteiger partial charge is 0.454 e. The summed E-state index contributed by atoms with van der Waals surface area (Å²) in [6.07, 6.45) is 0. The van der Waals surface area contributed by atoms with Crippen LogP contribution in [0.5, 0.6) is 11.5 Å². The van der Waals surface area contributed by atoms with E-state index in [9.17, 15) is 13.5 Å². The Hall–Kier alpha value is -1.31. The Kier molecular flexibility index (Phi) is 2.29. The van der Waals surface area contributed by atoms with Gasteiger partial charge in [-0.15, -0.1) is 0 Å². The molecule has 1 atom stereocenters. The van der Waals surface area contributed by atoms with Crippen molar-refractivity contribution in [2.45, 2.75) is 5.44 Å². The van der Waals surface area contributed by atoms with Crippen LogP contribution >= 0.6 is 0 Å². The molecule has 0 aliphatic carbocycles. The summed E-state index contributed by atoms with van der Waals surface area (Å²) in [5.41, 5.74) is -1.94. The van der Waals surface area contributed by atoms with Crippen molar-refractivity contribution >= 4 is 10.1 Å². The highest BCUT2D eigenvalue weighted by Crippen LogP contribution is 2.34. The van der Waals surface area contributed by atoms with Gasteiger partial charge in [0.1, 0.15) is 0 Å². The summed E-state index contributed by atoms with van der Waals surface area (Å²) in [4.78, 5) is 0. The lowest BCUT2D eigenvalue weighted by Crippen LogP contribution is -2.10. The first-order valence-electron chi connectivity index (χ1n) is 4.02. The van der Waals surface area contributed by atoms with E-state index in [1.165, 1.54) is 18.2 Å². The number of benzene rings is 1. The van der Waals surface area contributed by atoms with E-state index in [1.807, 2.05) is 0 Å². The lowest BCUT2D eigenvalue weighted by Gasteiger charge is -2.07. The summed E-state index contributed by atoms with van der Waals surface area (Å²) in [6.45, 7) is 0.0563. The van der Waals surface area contributed by atoms with Crippen LogP contribution in [0.4, 0.5) is 0 Å². The maximum atomic E-state index is 10.7.